The molecule has 17 heavy (non-hydrogen) atoms. The molecule has 5 heteroatoms. The zero-order valence-electron chi connectivity index (χ0n) is 9.61. The van der Waals surface area contributed by atoms with E-state index in [2.05, 4.69) is 21.0 Å². The Morgan fingerprint density at radius 1 is 1.47 bits per heavy atom. The Balaban J connectivity index is 2.63. The molecule has 0 spiro atoms. The van der Waals surface area contributed by atoms with Crippen molar-refractivity contribution in [3.63, 3.8) is 0 Å². The quantitative estimate of drug-likeness (QED) is 0.926. The van der Waals surface area contributed by atoms with Crippen molar-refractivity contribution in [3.8, 4) is 5.69 Å². The second-order valence-electron chi connectivity index (χ2n) is 4.05. The summed E-state index contributed by atoms with van der Waals surface area (Å²) in [5, 5.41) is 4.19. The predicted molar refractivity (Wildman–Crippen MR) is 68.6 cm³/mol. The molecule has 0 bridgehead atoms. The molecule has 3 nitrogen and oxygen atoms in total. The molecular formula is C12H13BrFN3. The number of hydrogen-bond acceptors (Lipinski definition) is 2. The third-order valence-corrected chi connectivity index (χ3v) is 3.01. The topological polar surface area (TPSA) is 43.8 Å². The zero-order chi connectivity index (χ0) is 12.6. The fourth-order valence-corrected chi connectivity index (χ4v) is 1.96. The first-order valence-electron chi connectivity index (χ1n) is 5.25. The molecule has 0 fully saturated rings. The summed E-state index contributed by atoms with van der Waals surface area (Å²) in [6.07, 6.45) is 3.50. The molecule has 1 aromatic carbocycles. The molecule has 90 valence electrons. The highest BCUT2D eigenvalue weighted by atomic mass is 79.9. The van der Waals surface area contributed by atoms with Crippen LogP contribution in [0.1, 0.15) is 24.1 Å². The van der Waals surface area contributed by atoms with Crippen molar-refractivity contribution in [1.82, 2.24) is 9.78 Å². The van der Waals surface area contributed by atoms with Crippen molar-refractivity contribution in [2.24, 2.45) is 5.73 Å². The van der Waals surface area contributed by atoms with E-state index in [4.69, 9.17) is 5.73 Å². The van der Waals surface area contributed by atoms with Crippen LogP contribution in [0.15, 0.2) is 29.0 Å². The lowest BCUT2D eigenvalue weighted by atomic mass is 10.0. The number of nitrogens with two attached hydrogens (primary N) is 1. The first-order chi connectivity index (χ1) is 7.99. The van der Waals surface area contributed by atoms with Gasteiger partial charge in [-0.1, -0.05) is 0 Å². The van der Waals surface area contributed by atoms with E-state index in [9.17, 15) is 4.39 Å². The van der Waals surface area contributed by atoms with E-state index in [1.807, 2.05) is 13.1 Å². The van der Waals surface area contributed by atoms with E-state index in [1.165, 1.54) is 6.07 Å². The van der Waals surface area contributed by atoms with E-state index in [0.717, 1.165) is 15.7 Å². The summed E-state index contributed by atoms with van der Waals surface area (Å²) >= 11 is 3.34. The Morgan fingerprint density at radius 3 is 2.71 bits per heavy atom. The molecule has 0 radical (unpaired) electrons. The fourth-order valence-electron chi connectivity index (χ4n) is 1.68. The van der Waals surface area contributed by atoms with Gasteiger partial charge in [-0.25, -0.2) is 9.07 Å². The minimum Gasteiger partial charge on any atom is -0.324 e. The van der Waals surface area contributed by atoms with E-state index in [-0.39, 0.29) is 11.9 Å². The van der Waals surface area contributed by atoms with Crippen LogP contribution in [-0.2, 0) is 0 Å². The van der Waals surface area contributed by atoms with Gasteiger partial charge in [0.15, 0.2) is 0 Å². The maximum atomic E-state index is 13.5. The molecule has 0 saturated heterocycles. The molecule has 1 aromatic heterocycles. The Labute approximate surface area is 108 Å². The normalized spacial score (nSPS) is 12.8. The molecule has 2 rings (SSSR count). The standard InChI is InChI=1S/C12H13BrFN3/c1-7-3-12(17-6-9(13)5-16-17)10(8(2)15)4-11(7)14/h3-6,8H,15H2,1-2H3. The van der Waals surface area contributed by atoms with Crippen LogP contribution in [0.5, 0.6) is 0 Å². The summed E-state index contributed by atoms with van der Waals surface area (Å²) in [5.41, 5.74) is 7.99. The summed E-state index contributed by atoms with van der Waals surface area (Å²) in [4.78, 5) is 0. The minimum absolute atomic E-state index is 0.243. The van der Waals surface area contributed by atoms with Gasteiger partial charge >= 0.3 is 0 Å². The van der Waals surface area contributed by atoms with E-state index in [1.54, 1.807) is 23.9 Å². The van der Waals surface area contributed by atoms with Gasteiger partial charge in [0.2, 0.25) is 0 Å². The summed E-state index contributed by atoms with van der Waals surface area (Å²) in [6.45, 7) is 3.55. The van der Waals surface area contributed by atoms with Gasteiger partial charge in [-0.05, 0) is 53.0 Å². The van der Waals surface area contributed by atoms with Crippen molar-refractivity contribution in [2.75, 3.05) is 0 Å². The minimum atomic E-state index is -0.247. The van der Waals surface area contributed by atoms with Gasteiger partial charge in [0.25, 0.3) is 0 Å². The summed E-state index contributed by atoms with van der Waals surface area (Å²) in [5.74, 6) is -0.243. The van der Waals surface area contributed by atoms with Gasteiger partial charge in [-0.2, -0.15) is 5.10 Å². The first-order valence-corrected chi connectivity index (χ1v) is 6.04. The monoisotopic (exact) mass is 297 g/mol. The Hall–Kier alpha value is -1.20. The van der Waals surface area contributed by atoms with Gasteiger partial charge in [0, 0.05) is 12.2 Å². The maximum Gasteiger partial charge on any atom is 0.126 e. The lowest BCUT2D eigenvalue weighted by molar-refractivity contribution is 0.611. The average Bonchev–Trinajstić information content (AvgIpc) is 2.68. The van der Waals surface area contributed by atoms with Crippen LogP contribution in [0.3, 0.4) is 0 Å². The molecule has 0 saturated carbocycles. The number of benzene rings is 1. The summed E-state index contributed by atoms with van der Waals surface area (Å²) in [6, 6.07) is 2.99. The second kappa shape index (κ2) is 4.58. The van der Waals surface area contributed by atoms with Crippen LogP contribution in [0.25, 0.3) is 5.69 Å². The largest absolute Gasteiger partial charge is 0.324 e. The smallest absolute Gasteiger partial charge is 0.126 e. The van der Waals surface area contributed by atoms with Crippen molar-refractivity contribution in [1.29, 1.82) is 0 Å². The van der Waals surface area contributed by atoms with E-state index in [0.29, 0.717) is 5.56 Å². The second-order valence-corrected chi connectivity index (χ2v) is 4.97. The van der Waals surface area contributed by atoms with Gasteiger partial charge in [0.1, 0.15) is 5.82 Å². The van der Waals surface area contributed by atoms with E-state index >= 15 is 0 Å². The van der Waals surface area contributed by atoms with Crippen LogP contribution in [0, 0.1) is 12.7 Å². The van der Waals surface area contributed by atoms with Crippen LogP contribution >= 0.6 is 15.9 Å². The number of rotatable bonds is 2. The van der Waals surface area contributed by atoms with Crippen molar-refractivity contribution in [2.45, 2.75) is 19.9 Å². The molecule has 2 N–H and O–H groups in total. The van der Waals surface area contributed by atoms with Crippen LogP contribution in [-0.4, -0.2) is 9.78 Å². The highest BCUT2D eigenvalue weighted by Crippen LogP contribution is 2.24. The predicted octanol–water partition coefficient (Wildman–Crippen LogP) is 3.10. The summed E-state index contributed by atoms with van der Waals surface area (Å²) in [7, 11) is 0. The Bertz CT molecular complexity index is 549. The van der Waals surface area contributed by atoms with Gasteiger partial charge in [-0.15, -0.1) is 0 Å². The maximum absolute atomic E-state index is 13.5. The van der Waals surface area contributed by atoms with Gasteiger partial charge in [0.05, 0.1) is 16.4 Å². The number of hydrogen-bond donors (Lipinski definition) is 1. The first kappa shape index (κ1) is 12.3. The van der Waals surface area contributed by atoms with Crippen molar-refractivity contribution >= 4 is 15.9 Å². The zero-order valence-corrected chi connectivity index (χ0v) is 11.2. The third kappa shape index (κ3) is 2.40. The Kier molecular flexibility index (Phi) is 3.31. The fraction of sp³-hybridized carbons (Fsp3) is 0.250. The van der Waals surface area contributed by atoms with Crippen LogP contribution in [0.4, 0.5) is 4.39 Å². The SMILES string of the molecule is Cc1cc(-n2cc(Br)cn2)c(C(C)N)cc1F. The molecule has 1 heterocycles. The van der Waals surface area contributed by atoms with Crippen LogP contribution < -0.4 is 5.73 Å². The number of halogens is 2. The Morgan fingerprint density at radius 2 is 2.18 bits per heavy atom. The summed E-state index contributed by atoms with van der Waals surface area (Å²) < 4.78 is 16.1. The van der Waals surface area contributed by atoms with Crippen molar-refractivity contribution in [3.05, 3.63) is 45.9 Å². The molecular weight excluding hydrogens is 285 g/mol. The lowest BCUT2D eigenvalue weighted by Crippen LogP contribution is -2.11. The van der Waals surface area contributed by atoms with Crippen LogP contribution in [0.2, 0.25) is 0 Å². The average molecular weight is 298 g/mol. The van der Waals surface area contributed by atoms with Gasteiger partial charge in [-0.3, -0.25) is 0 Å². The molecule has 1 unspecified atom stereocenters. The molecule has 0 amide bonds. The lowest BCUT2D eigenvalue weighted by Gasteiger charge is -2.14. The highest BCUT2D eigenvalue weighted by molar-refractivity contribution is 9.10. The number of aryl methyl sites for hydroxylation is 1. The molecule has 2 aromatic rings. The molecule has 0 aliphatic rings. The van der Waals surface area contributed by atoms with Gasteiger partial charge < -0.3 is 5.73 Å². The molecule has 0 aliphatic carbocycles. The number of aromatic nitrogens is 2. The van der Waals surface area contributed by atoms with Crippen molar-refractivity contribution < 1.29 is 4.39 Å². The molecule has 1 atom stereocenters. The third-order valence-electron chi connectivity index (χ3n) is 2.60. The highest BCUT2D eigenvalue weighted by Gasteiger charge is 2.13. The number of nitrogens with zero attached hydrogens (tertiary/aromatic N) is 2. The molecule has 0 aliphatic heterocycles. The van der Waals surface area contributed by atoms with E-state index < -0.39 is 0 Å².